The van der Waals surface area contributed by atoms with E-state index in [1.165, 1.54) is 0 Å². The largest absolute Gasteiger partial charge is 0.453 e. The van der Waals surface area contributed by atoms with Crippen LogP contribution < -0.4 is 16.3 Å². The first-order valence-electron chi connectivity index (χ1n) is 15.4. The van der Waals surface area contributed by atoms with E-state index in [1.807, 2.05) is 18.2 Å². The van der Waals surface area contributed by atoms with Crippen molar-refractivity contribution in [2.45, 2.75) is 102 Å². The van der Waals surface area contributed by atoms with Crippen LogP contribution in [0.3, 0.4) is 0 Å². The third-order valence-electron chi connectivity index (χ3n) is 7.17. The molecule has 0 saturated carbocycles. The van der Waals surface area contributed by atoms with Crippen LogP contribution in [-0.2, 0) is 23.8 Å². The number of ether oxygens (including phenoxy) is 3. The number of alkyl halides is 2. The number of benzene rings is 1. The lowest BCUT2D eigenvalue weighted by atomic mass is 10.1. The molecule has 2 amide bonds. The molecule has 0 aliphatic carbocycles. The van der Waals surface area contributed by atoms with Gasteiger partial charge < -0.3 is 24.6 Å². The summed E-state index contributed by atoms with van der Waals surface area (Å²) in [6.07, 6.45) is 1.32. The number of aliphatic hydroxyl groups is 1. The van der Waals surface area contributed by atoms with Crippen LogP contribution >= 0.6 is 0 Å². The molecule has 14 heteroatoms. The van der Waals surface area contributed by atoms with Crippen LogP contribution in [0, 0.1) is 0 Å². The third kappa shape index (κ3) is 11.2. The van der Waals surface area contributed by atoms with Gasteiger partial charge >= 0.3 is 23.7 Å². The van der Waals surface area contributed by atoms with Crippen LogP contribution in [0.4, 0.5) is 25.1 Å². The standard InChI is InChI=1S/C31H42F2N4O8/c1-2-3-4-7-13-20-43-30(42)36-24-18-19-37(29(41)35-24)28-31(32,33)27(23(21-38)44-28)45-26(40)17-12-6-5-11-16-25(39)34-22-14-9-8-10-15-22/h8-10,14-15,18-19,23,27-28,38H,2-7,11-13,16-17,20-21H2,1H3,(H,34,39)(H,35,36,41,42)/t23-,27-,28-/m1/s1. The molecular weight excluding hydrogens is 594 g/mol. The molecule has 2 heterocycles. The van der Waals surface area contributed by atoms with Gasteiger partial charge in [0.1, 0.15) is 11.9 Å². The fraction of sp³-hybridized carbons (Fsp3) is 0.581. The Morgan fingerprint density at radius 2 is 1.67 bits per heavy atom. The van der Waals surface area contributed by atoms with E-state index < -0.39 is 48.7 Å². The van der Waals surface area contributed by atoms with Gasteiger partial charge in [0.15, 0.2) is 6.10 Å². The Morgan fingerprint density at radius 1 is 0.978 bits per heavy atom. The molecule has 3 N–H and O–H groups in total. The van der Waals surface area contributed by atoms with E-state index in [-0.39, 0.29) is 24.8 Å². The number of nitrogens with one attached hydrogen (secondary N) is 2. The van der Waals surface area contributed by atoms with Crippen molar-refractivity contribution in [3.63, 3.8) is 0 Å². The zero-order valence-corrected chi connectivity index (χ0v) is 25.4. The zero-order chi connectivity index (χ0) is 32.7. The van der Waals surface area contributed by atoms with Crippen LogP contribution in [0.15, 0.2) is 47.4 Å². The number of aromatic nitrogens is 2. The van der Waals surface area contributed by atoms with E-state index in [1.54, 1.807) is 12.1 Å². The third-order valence-corrected chi connectivity index (χ3v) is 7.17. The number of carbonyl (C=O) groups excluding carboxylic acids is 3. The van der Waals surface area contributed by atoms with Gasteiger partial charge in [-0.05, 0) is 37.5 Å². The van der Waals surface area contributed by atoms with Crippen LogP contribution in [0.25, 0.3) is 0 Å². The minimum absolute atomic E-state index is 0.125. The molecule has 0 unspecified atom stereocenters. The number of nitrogens with zero attached hydrogens (tertiary/aromatic N) is 2. The molecule has 3 atom stereocenters. The van der Waals surface area contributed by atoms with Crippen molar-refractivity contribution >= 4 is 29.5 Å². The quantitative estimate of drug-likeness (QED) is 0.148. The zero-order valence-electron chi connectivity index (χ0n) is 25.4. The van der Waals surface area contributed by atoms with Gasteiger partial charge in [-0.3, -0.25) is 19.5 Å². The molecular formula is C31H42F2N4O8. The number of anilines is 2. The second-order valence-electron chi connectivity index (χ2n) is 10.8. The van der Waals surface area contributed by atoms with Gasteiger partial charge in [-0.1, -0.05) is 63.6 Å². The normalized spacial score (nSPS) is 18.7. The van der Waals surface area contributed by atoms with E-state index in [4.69, 9.17) is 14.2 Å². The van der Waals surface area contributed by atoms with Crippen molar-refractivity contribution in [1.29, 1.82) is 0 Å². The van der Waals surface area contributed by atoms with Gasteiger partial charge in [0.25, 0.3) is 0 Å². The highest BCUT2D eigenvalue weighted by atomic mass is 19.3. The molecule has 0 spiro atoms. The summed E-state index contributed by atoms with van der Waals surface area (Å²) in [7, 11) is 0. The van der Waals surface area contributed by atoms with E-state index >= 15 is 8.78 Å². The highest BCUT2D eigenvalue weighted by Gasteiger charge is 2.62. The molecule has 45 heavy (non-hydrogen) atoms. The lowest BCUT2D eigenvalue weighted by Crippen LogP contribution is -2.44. The van der Waals surface area contributed by atoms with Crippen LogP contribution in [-0.4, -0.2) is 64.0 Å². The Balaban J connectivity index is 1.44. The van der Waals surface area contributed by atoms with Crippen molar-refractivity contribution < 1.29 is 42.5 Å². The number of carbonyl (C=O) groups is 3. The maximum atomic E-state index is 15.4. The average Bonchev–Trinajstić information content (AvgIpc) is 3.26. The molecule has 1 aliphatic heterocycles. The number of hydrogen-bond acceptors (Lipinski definition) is 9. The fourth-order valence-corrected chi connectivity index (χ4v) is 4.79. The van der Waals surface area contributed by atoms with E-state index in [9.17, 15) is 24.3 Å². The van der Waals surface area contributed by atoms with E-state index in [2.05, 4.69) is 22.5 Å². The summed E-state index contributed by atoms with van der Waals surface area (Å²) in [6, 6.07) is 10.2. The van der Waals surface area contributed by atoms with Gasteiger partial charge in [0, 0.05) is 24.7 Å². The van der Waals surface area contributed by atoms with E-state index in [0.717, 1.165) is 37.9 Å². The van der Waals surface area contributed by atoms with Gasteiger partial charge in [0.05, 0.1) is 13.2 Å². The topological polar surface area (TPSA) is 158 Å². The minimum Gasteiger partial charge on any atom is -0.453 e. The summed E-state index contributed by atoms with van der Waals surface area (Å²) in [5, 5.41) is 14.7. The molecule has 3 rings (SSSR count). The molecule has 0 bridgehead atoms. The SMILES string of the molecule is CCCCCCCOC(=O)Nc1ccn([C@@H]2O[C@H](CO)[C@@H](OC(=O)CCCCCCC(=O)Nc3ccccc3)C2(F)F)c(=O)n1. The second kappa shape index (κ2) is 18.2. The Labute approximate surface area is 260 Å². The molecule has 248 valence electrons. The van der Waals surface area contributed by atoms with Crippen molar-refractivity contribution in [2.75, 3.05) is 23.8 Å². The predicted molar refractivity (Wildman–Crippen MR) is 161 cm³/mol. The highest BCUT2D eigenvalue weighted by molar-refractivity contribution is 5.90. The Hall–Kier alpha value is -3.91. The van der Waals surface area contributed by atoms with Crippen LogP contribution in [0.2, 0.25) is 0 Å². The number of rotatable bonds is 18. The molecule has 12 nitrogen and oxygen atoms in total. The van der Waals surface area contributed by atoms with Crippen molar-refractivity contribution in [3.8, 4) is 0 Å². The maximum Gasteiger partial charge on any atom is 0.412 e. The van der Waals surface area contributed by atoms with Crippen molar-refractivity contribution in [3.05, 3.63) is 53.1 Å². The van der Waals surface area contributed by atoms with Gasteiger partial charge in [-0.2, -0.15) is 13.8 Å². The number of halogens is 2. The van der Waals surface area contributed by atoms with Gasteiger partial charge in [-0.25, -0.2) is 9.59 Å². The Bertz CT molecular complexity index is 1290. The fourth-order valence-electron chi connectivity index (χ4n) is 4.79. The number of hydrogen-bond donors (Lipinski definition) is 3. The average molecular weight is 637 g/mol. The monoisotopic (exact) mass is 636 g/mol. The van der Waals surface area contributed by atoms with Crippen molar-refractivity contribution in [1.82, 2.24) is 9.55 Å². The number of amides is 2. The van der Waals surface area contributed by atoms with Gasteiger partial charge in [0.2, 0.25) is 12.1 Å². The molecule has 1 aliphatic rings. The summed E-state index contributed by atoms with van der Waals surface area (Å²) in [4.78, 5) is 52.6. The Kier molecular flexibility index (Phi) is 14.3. The minimum atomic E-state index is -3.88. The summed E-state index contributed by atoms with van der Waals surface area (Å²) in [5.74, 6) is -5.11. The van der Waals surface area contributed by atoms with E-state index in [0.29, 0.717) is 48.8 Å². The first kappa shape index (κ1) is 35.6. The highest BCUT2D eigenvalue weighted by Crippen LogP contribution is 2.44. The predicted octanol–water partition coefficient (Wildman–Crippen LogP) is 5.18. The number of esters is 1. The molecule has 1 fully saturated rings. The second-order valence-corrected chi connectivity index (χ2v) is 10.8. The molecule has 0 radical (unpaired) electrons. The van der Waals surface area contributed by atoms with Crippen LogP contribution in [0.1, 0.15) is 83.8 Å². The maximum absolute atomic E-state index is 15.4. The van der Waals surface area contributed by atoms with Crippen molar-refractivity contribution in [2.24, 2.45) is 0 Å². The summed E-state index contributed by atoms with van der Waals surface area (Å²) in [5.41, 5.74) is -0.449. The first-order chi connectivity index (χ1) is 21.6. The summed E-state index contributed by atoms with van der Waals surface area (Å²) >= 11 is 0. The van der Waals surface area contributed by atoms with Crippen LogP contribution in [0.5, 0.6) is 0 Å². The lowest BCUT2D eigenvalue weighted by molar-refractivity contribution is -0.176. The summed E-state index contributed by atoms with van der Waals surface area (Å²) in [6.45, 7) is 1.39. The molecule has 1 saturated heterocycles. The van der Waals surface area contributed by atoms with Gasteiger partial charge in [-0.15, -0.1) is 0 Å². The molecule has 2 aromatic rings. The Morgan fingerprint density at radius 3 is 2.36 bits per heavy atom. The number of aliphatic hydroxyl groups excluding tert-OH is 1. The first-order valence-corrected chi connectivity index (χ1v) is 15.4. The summed E-state index contributed by atoms with van der Waals surface area (Å²) < 4.78 is 46.6. The lowest BCUT2D eigenvalue weighted by Gasteiger charge is -2.24. The molecule has 1 aromatic heterocycles. The molecule has 1 aromatic carbocycles. The number of para-hydroxylation sites is 1. The number of unbranched alkanes of at least 4 members (excludes halogenated alkanes) is 7. The smallest absolute Gasteiger partial charge is 0.412 e.